The van der Waals surface area contributed by atoms with E-state index in [-0.39, 0.29) is 18.6 Å². The lowest BCUT2D eigenvalue weighted by Gasteiger charge is -2.44. The summed E-state index contributed by atoms with van der Waals surface area (Å²) in [5, 5.41) is 0.699. The van der Waals surface area contributed by atoms with Gasteiger partial charge in [0.05, 0.1) is 30.4 Å². The van der Waals surface area contributed by atoms with Crippen LogP contribution in [0.15, 0.2) is 77.8 Å². The number of carbonyl (C=O) groups excluding carboxylic acids is 2. The number of piperazine rings is 1. The number of amides is 2. The fourth-order valence-corrected chi connectivity index (χ4v) is 7.35. The van der Waals surface area contributed by atoms with Gasteiger partial charge in [-0.3, -0.25) is 19.6 Å². The number of rotatable bonds is 9. The summed E-state index contributed by atoms with van der Waals surface area (Å²) < 4.78 is 8.48. The van der Waals surface area contributed by atoms with Crippen molar-refractivity contribution in [1.82, 2.24) is 29.2 Å². The van der Waals surface area contributed by atoms with Crippen LogP contribution in [0.3, 0.4) is 0 Å². The highest BCUT2D eigenvalue weighted by molar-refractivity contribution is 9.10. The van der Waals surface area contributed by atoms with Crippen molar-refractivity contribution in [3.05, 3.63) is 116 Å². The summed E-state index contributed by atoms with van der Waals surface area (Å²) in [6.45, 7) is 6.96. The van der Waals surface area contributed by atoms with Gasteiger partial charge in [0.25, 0.3) is 0 Å². The highest BCUT2D eigenvalue weighted by Crippen LogP contribution is 2.38. The third kappa shape index (κ3) is 7.71. The lowest BCUT2D eigenvalue weighted by Crippen LogP contribution is -2.61. The molecule has 0 unspecified atom stereocenters. The van der Waals surface area contributed by atoms with Crippen molar-refractivity contribution in [3.63, 3.8) is 0 Å². The van der Waals surface area contributed by atoms with Crippen LogP contribution in [0.25, 0.3) is 0 Å². The minimum absolute atomic E-state index is 0.0950. The predicted octanol–water partition coefficient (Wildman–Crippen LogP) is 6.45. The van der Waals surface area contributed by atoms with Crippen LogP contribution in [-0.4, -0.2) is 80.1 Å². The van der Waals surface area contributed by atoms with E-state index in [0.29, 0.717) is 37.7 Å². The Bertz CT molecular complexity index is 1660. The maximum Gasteiger partial charge on any atom is 0.410 e. The normalized spacial score (nSPS) is 17.8. The molecule has 0 radical (unpaired) electrons. The van der Waals surface area contributed by atoms with Gasteiger partial charge in [0, 0.05) is 61.2 Å². The Morgan fingerprint density at radius 2 is 1.87 bits per heavy atom. The first-order valence-electron chi connectivity index (χ1n) is 16.2. The molecule has 0 bridgehead atoms. The van der Waals surface area contributed by atoms with Crippen LogP contribution >= 0.6 is 27.5 Å². The van der Waals surface area contributed by atoms with E-state index in [1.807, 2.05) is 77.6 Å². The second-order valence-electron chi connectivity index (χ2n) is 12.2. The number of imidazole rings is 1. The zero-order chi connectivity index (χ0) is 32.9. The number of halogens is 2. The molecule has 1 aliphatic heterocycles. The molecule has 2 aliphatic rings. The number of aromatic nitrogens is 3. The molecule has 3 heterocycles. The molecular weight excluding hydrogens is 680 g/mol. The standard InChI is InChI=1S/C36H40BrClN6O3/c1-3-47-36(46)44-17-16-42(34-31-13-12-30(38)19-27(31)10-11-28-18-29(37)20-39-33(28)34)23-32(44)35(45)43(22-26-8-5-4-6-9-26)15-7-14-41-21-25(2)40-24-41/h4-6,8-9,12-13,18-21,24,32,34H,3,7,10-11,14-17,22-23H2,1-2H3/t32-,34+/m1/s1. The van der Waals surface area contributed by atoms with Gasteiger partial charge in [-0.25, -0.2) is 9.78 Å². The van der Waals surface area contributed by atoms with E-state index in [1.165, 1.54) is 5.56 Å². The van der Waals surface area contributed by atoms with E-state index in [4.69, 9.17) is 21.3 Å². The number of carbonyl (C=O) groups is 2. The summed E-state index contributed by atoms with van der Waals surface area (Å²) in [4.78, 5) is 43.2. The number of aryl methyl sites for hydroxylation is 4. The van der Waals surface area contributed by atoms with Gasteiger partial charge in [0.1, 0.15) is 6.04 Å². The monoisotopic (exact) mass is 718 g/mol. The molecule has 9 nitrogen and oxygen atoms in total. The number of pyridine rings is 1. The van der Waals surface area contributed by atoms with E-state index in [2.05, 4.69) is 37.9 Å². The number of fused-ring (bicyclic) bond motifs is 2. The van der Waals surface area contributed by atoms with Crippen LogP contribution in [0, 0.1) is 6.92 Å². The molecule has 0 spiro atoms. The summed E-state index contributed by atoms with van der Waals surface area (Å²) in [5.74, 6) is -0.0950. The van der Waals surface area contributed by atoms with E-state index >= 15 is 0 Å². The molecule has 0 saturated carbocycles. The maximum absolute atomic E-state index is 14.7. The van der Waals surface area contributed by atoms with E-state index < -0.39 is 12.1 Å². The third-order valence-corrected chi connectivity index (χ3v) is 9.66. The Balaban J connectivity index is 1.33. The molecule has 2 atom stereocenters. The molecule has 1 saturated heterocycles. The van der Waals surface area contributed by atoms with Crippen LogP contribution < -0.4 is 0 Å². The number of ether oxygens (including phenoxy) is 1. The van der Waals surface area contributed by atoms with Gasteiger partial charge in [-0.05, 0) is 89.5 Å². The van der Waals surface area contributed by atoms with Gasteiger partial charge in [-0.15, -0.1) is 0 Å². The van der Waals surface area contributed by atoms with Crippen LogP contribution in [0.2, 0.25) is 5.02 Å². The summed E-state index contributed by atoms with van der Waals surface area (Å²) in [6.07, 6.45) is 7.62. The number of benzene rings is 2. The Morgan fingerprint density at radius 1 is 1.06 bits per heavy atom. The molecule has 6 rings (SSSR count). The summed E-state index contributed by atoms with van der Waals surface area (Å²) in [6, 6.07) is 17.3. The Labute approximate surface area is 289 Å². The second-order valence-corrected chi connectivity index (χ2v) is 13.6. The molecule has 2 aromatic carbocycles. The number of hydrogen-bond acceptors (Lipinski definition) is 6. The lowest BCUT2D eigenvalue weighted by atomic mass is 9.95. The summed E-state index contributed by atoms with van der Waals surface area (Å²) in [5.41, 5.74) is 6.44. The molecule has 4 aromatic rings. The molecule has 246 valence electrons. The molecule has 1 aliphatic carbocycles. The van der Waals surface area contributed by atoms with Gasteiger partial charge in [0.2, 0.25) is 5.91 Å². The zero-order valence-corrected chi connectivity index (χ0v) is 29.2. The van der Waals surface area contributed by atoms with E-state index in [9.17, 15) is 9.59 Å². The first-order chi connectivity index (χ1) is 22.8. The third-order valence-electron chi connectivity index (χ3n) is 8.99. The average molecular weight is 720 g/mol. The molecule has 2 amide bonds. The highest BCUT2D eigenvalue weighted by atomic mass is 79.9. The van der Waals surface area contributed by atoms with E-state index in [0.717, 1.165) is 58.4 Å². The quantitative estimate of drug-likeness (QED) is 0.198. The smallest absolute Gasteiger partial charge is 0.410 e. The fourth-order valence-electron chi connectivity index (χ4n) is 6.78. The largest absolute Gasteiger partial charge is 0.450 e. The minimum Gasteiger partial charge on any atom is -0.450 e. The molecule has 0 N–H and O–H groups in total. The Morgan fingerprint density at radius 3 is 2.64 bits per heavy atom. The lowest BCUT2D eigenvalue weighted by molar-refractivity contribution is -0.140. The van der Waals surface area contributed by atoms with Crippen molar-refractivity contribution in [2.24, 2.45) is 0 Å². The van der Waals surface area contributed by atoms with Gasteiger partial charge >= 0.3 is 6.09 Å². The Kier molecular flexibility index (Phi) is 10.6. The predicted molar refractivity (Wildman–Crippen MR) is 185 cm³/mol. The summed E-state index contributed by atoms with van der Waals surface area (Å²) in [7, 11) is 0. The van der Waals surface area contributed by atoms with Gasteiger partial charge in [-0.2, -0.15) is 0 Å². The molecular formula is C36H40BrClN6O3. The van der Waals surface area contributed by atoms with Crippen LogP contribution in [-0.2, 0) is 35.5 Å². The van der Waals surface area contributed by atoms with Crippen LogP contribution in [0.4, 0.5) is 4.79 Å². The van der Waals surface area contributed by atoms with Crippen LogP contribution in [0.1, 0.15) is 53.0 Å². The second kappa shape index (κ2) is 15.0. The molecule has 47 heavy (non-hydrogen) atoms. The van der Waals surface area contributed by atoms with Crippen molar-refractivity contribution in [2.75, 3.05) is 32.8 Å². The first-order valence-corrected chi connectivity index (χ1v) is 17.4. The maximum atomic E-state index is 14.7. The highest BCUT2D eigenvalue weighted by Gasteiger charge is 2.42. The molecule has 2 aromatic heterocycles. The number of hydrogen-bond donors (Lipinski definition) is 0. The SMILES string of the molecule is CCOC(=O)N1CCN([C@H]2c3ccc(Cl)cc3CCc3cc(Br)cnc32)C[C@@H]1C(=O)N(CCCn1cnc(C)c1)Cc1ccccc1. The summed E-state index contributed by atoms with van der Waals surface area (Å²) >= 11 is 10.1. The van der Waals surface area contributed by atoms with Crippen molar-refractivity contribution < 1.29 is 14.3 Å². The Hall–Kier alpha value is -3.73. The van der Waals surface area contributed by atoms with Crippen LogP contribution in [0.5, 0.6) is 0 Å². The number of nitrogens with zero attached hydrogens (tertiary/aromatic N) is 6. The topological polar surface area (TPSA) is 83.8 Å². The minimum atomic E-state index is -0.736. The van der Waals surface area contributed by atoms with Gasteiger partial charge < -0.3 is 14.2 Å². The molecule has 1 fully saturated rings. The molecule has 11 heteroatoms. The zero-order valence-electron chi connectivity index (χ0n) is 26.8. The van der Waals surface area contributed by atoms with Crippen molar-refractivity contribution in [1.29, 1.82) is 0 Å². The fraction of sp³-hybridized carbons (Fsp3) is 0.389. The first kappa shape index (κ1) is 33.2. The van der Waals surface area contributed by atoms with Gasteiger partial charge in [-0.1, -0.05) is 48.0 Å². The van der Waals surface area contributed by atoms with E-state index in [1.54, 1.807) is 11.8 Å². The average Bonchev–Trinajstić information content (AvgIpc) is 3.42. The van der Waals surface area contributed by atoms with Crippen molar-refractivity contribution >= 4 is 39.5 Å². The van der Waals surface area contributed by atoms with Crippen molar-refractivity contribution in [3.8, 4) is 0 Å². The van der Waals surface area contributed by atoms with Crippen molar-refractivity contribution in [2.45, 2.75) is 58.3 Å². The van der Waals surface area contributed by atoms with Gasteiger partial charge in [0.15, 0.2) is 0 Å².